The molecular weight excluding hydrogens is 303 g/mol. The van der Waals surface area contributed by atoms with E-state index in [1.165, 1.54) is 24.4 Å². The largest absolute Gasteiger partial charge is 0.335 e. The standard InChI is InChI=1S/C15H17FN4O3/c1-19(2)8-7-17-9-10-13(21)18-15(23)20(14(10)22)12-6-4-3-5-11(12)16/h3-6,9-10H,7-8H2,1-2H3,(H,18,21,23). The van der Waals surface area contributed by atoms with Crippen molar-refractivity contribution in [3.8, 4) is 0 Å². The molecular formula is C15H17FN4O3. The number of hydrogen-bond acceptors (Lipinski definition) is 5. The van der Waals surface area contributed by atoms with E-state index < -0.39 is 29.6 Å². The smallest absolute Gasteiger partial charge is 0.308 e. The van der Waals surface area contributed by atoms with Gasteiger partial charge in [0.15, 0.2) is 5.92 Å². The van der Waals surface area contributed by atoms with Gasteiger partial charge in [-0.1, -0.05) is 12.1 Å². The Morgan fingerprint density at radius 1 is 1.30 bits per heavy atom. The quantitative estimate of drug-likeness (QED) is 0.638. The van der Waals surface area contributed by atoms with Crippen LogP contribution in [0.5, 0.6) is 0 Å². The lowest BCUT2D eigenvalue weighted by Gasteiger charge is -2.28. The van der Waals surface area contributed by atoms with Crippen molar-refractivity contribution in [1.82, 2.24) is 10.2 Å². The Balaban J connectivity index is 2.22. The normalized spacial score (nSPS) is 18.9. The Morgan fingerprint density at radius 3 is 2.65 bits per heavy atom. The second-order valence-electron chi connectivity index (χ2n) is 5.26. The van der Waals surface area contributed by atoms with Crippen LogP contribution in [0.1, 0.15) is 0 Å². The van der Waals surface area contributed by atoms with Crippen LogP contribution in [0.2, 0.25) is 0 Å². The lowest BCUT2D eigenvalue weighted by molar-refractivity contribution is -0.131. The fraction of sp³-hybridized carbons (Fsp3) is 0.333. The summed E-state index contributed by atoms with van der Waals surface area (Å²) in [5, 5.41) is 2.04. The van der Waals surface area contributed by atoms with Gasteiger partial charge in [0.1, 0.15) is 5.82 Å². The molecule has 0 bridgehead atoms. The molecule has 1 fully saturated rings. The topological polar surface area (TPSA) is 82.1 Å². The molecule has 0 spiro atoms. The summed E-state index contributed by atoms with van der Waals surface area (Å²) in [5.41, 5.74) is -0.200. The summed E-state index contributed by atoms with van der Waals surface area (Å²) >= 11 is 0. The molecule has 1 aliphatic rings. The highest BCUT2D eigenvalue weighted by atomic mass is 19.1. The van der Waals surface area contributed by atoms with E-state index >= 15 is 0 Å². The summed E-state index contributed by atoms with van der Waals surface area (Å²) in [5.74, 6) is -3.57. The van der Waals surface area contributed by atoms with Crippen LogP contribution >= 0.6 is 0 Å². The number of halogens is 1. The lowest BCUT2D eigenvalue weighted by atomic mass is 10.1. The molecule has 0 aromatic heterocycles. The number of barbiturate groups is 1. The van der Waals surface area contributed by atoms with Gasteiger partial charge in [-0.05, 0) is 26.2 Å². The maximum atomic E-state index is 13.8. The zero-order valence-corrected chi connectivity index (χ0v) is 12.8. The maximum Gasteiger partial charge on any atom is 0.335 e. The Labute approximate surface area is 132 Å². The number of carbonyl (C=O) groups is 3. The molecule has 1 N–H and O–H groups in total. The van der Waals surface area contributed by atoms with E-state index in [4.69, 9.17) is 0 Å². The minimum absolute atomic E-state index is 0.200. The van der Waals surface area contributed by atoms with Crippen LogP contribution < -0.4 is 10.2 Å². The number of urea groups is 1. The third-order valence-electron chi connectivity index (χ3n) is 3.23. The first-order valence-electron chi connectivity index (χ1n) is 7.00. The van der Waals surface area contributed by atoms with Gasteiger partial charge in [0.05, 0.1) is 12.2 Å². The fourth-order valence-corrected chi connectivity index (χ4v) is 2.02. The summed E-state index contributed by atoms with van der Waals surface area (Å²) in [6.07, 6.45) is 1.20. The number of hydrogen-bond donors (Lipinski definition) is 1. The molecule has 7 nitrogen and oxygen atoms in total. The molecule has 0 aliphatic carbocycles. The molecule has 4 amide bonds. The van der Waals surface area contributed by atoms with Crippen molar-refractivity contribution < 1.29 is 18.8 Å². The number of amides is 4. The molecule has 8 heteroatoms. The predicted molar refractivity (Wildman–Crippen MR) is 82.8 cm³/mol. The Hall–Kier alpha value is -2.61. The van der Waals surface area contributed by atoms with Gasteiger partial charge in [-0.3, -0.25) is 19.9 Å². The summed E-state index contributed by atoms with van der Waals surface area (Å²) < 4.78 is 13.8. The van der Waals surface area contributed by atoms with E-state index in [2.05, 4.69) is 4.99 Å². The van der Waals surface area contributed by atoms with Crippen LogP contribution in [0.25, 0.3) is 0 Å². The van der Waals surface area contributed by atoms with Crippen LogP contribution in [0.15, 0.2) is 29.3 Å². The maximum absolute atomic E-state index is 13.8. The summed E-state index contributed by atoms with van der Waals surface area (Å²) in [6, 6.07) is 4.39. The molecule has 1 atom stereocenters. The van der Waals surface area contributed by atoms with E-state index in [0.717, 1.165) is 6.07 Å². The number of carbonyl (C=O) groups excluding carboxylic acids is 3. The number of imide groups is 2. The van der Waals surface area contributed by atoms with Gasteiger partial charge < -0.3 is 4.90 Å². The van der Waals surface area contributed by atoms with E-state index in [0.29, 0.717) is 18.0 Å². The van der Waals surface area contributed by atoms with E-state index in [1.54, 1.807) is 0 Å². The van der Waals surface area contributed by atoms with Crippen molar-refractivity contribution in [2.75, 3.05) is 32.1 Å². The second kappa shape index (κ2) is 7.10. The van der Waals surface area contributed by atoms with E-state index in [9.17, 15) is 18.8 Å². The minimum atomic E-state index is -1.26. The van der Waals surface area contributed by atoms with Crippen molar-refractivity contribution in [3.63, 3.8) is 0 Å². The van der Waals surface area contributed by atoms with Gasteiger partial charge in [-0.2, -0.15) is 0 Å². The van der Waals surface area contributed by atoms with Gasteiger partial charge >= 0.3 is 6.03 Å². The van der Waals surface area contributed by atoms with E-state index in [-0.39, 0.29) is 5.69 Å². The number of nitrogens with one attached hydrogen (secondary N) is 1. The van der Waals surface area contributed by atoms with Crippen molar-refractivity contribution >= 4 is 29.7 Å². The number of likely N-dealkylation sites (N-methyl/N-ethyl adjacent to an activating group) is 1. The van der Waals surface area contributed by atoms with Crippen LogP contribution in [0, 0.1) is 11.7 Å². The number of nitrogens with zero attached hydrogens (tertiary/aromatic N) is 3. The van der Waals surface area contributed by atoms with Gasteiger partial charge in [0, 0.05) is 12.8 Å². The van der Waals surface area contributed by atoms with Crippen molar-refractivity contribution in [3.05, 3.63) is 30.1 Å². The highest BCUT2D eigenvalue weighted by Crippen LogP contribution is 2.23. The average Bonchev–Trinajstić information content (AvgIpc) is 2.47. The van der Waals surface area contributed by atoms with Crippen molar-refractivity contribution in [2.24, 2.45) is 10.9 Å². The van der Waals surface area contributed by atoms with Crippen molar-refractivity contribution in [2.45, 2.75) is 0 Å². The Bertz CT molecular complexity index is 660. The van der Waals surface area contributed by atoms with Gasteiger partial charge in [-0.25, -0.2) is 14.1 Å². The predicted octanol–water partition coefficient (Wildman–Crippen LogP) is 0.657. The van der Waals surface area contributed by atoms with Crippen LogP contribution in [-0.2, 0) is 9.59 Å². The minimum Gasteiger partial charge on any atom is -0.308 e. The molecule has 0 radical (unpaired) electrons. The molecule has 1 aromatic carbocycles. The third-order valence-corrected chi connectivity index (χ3v) is 3.23. The monoisotopic (exact) mass is 320 g/mol. The molecule has 1 saturated heterocycles. The number of aliphatic imine (C=N–C) groups is 1. The molecule has 0 saturated carbocycles. The molecule has 1 heterocycles. The number of para-hydroxylation sites is 1. The zero-order chi connectivity index (χ0) is 17.0. The Morgan fingerprint density at radius 2 is 2.00 bits per heavy atom. The number of benzene rings is 1. The first-order valence-corrected chi connectivity index (χ1v) is 7.00. The van der Waals surface area contributed by atoms with Gasteiger partial charge in [0.2, 0.25) is 5.91 Å². The summed E-state index contributed by atoms with van der Waals surface area (Å²) in [6.45, 7) is 1.05. The van der Waals surface area contributed by atoms with Gasteiger partial charge in [0.25, 0.3) is 5.91 Å². The number of anilines is 1. The zero-order valence-electron chi connectivity index (χ0n) is 12.8. The third kappa shape index (κ3) is 3.78. The molecule has 1 unspecified atom stereocenters. The molecule has 23 heavy (non-hydrogen) atoms. The van der Waals surface area contributed by atoms with Gasteiger partial charge in [-0.15, -0.1) is 0 Å². The molecule has 1 aromatic rings. The molecule has 2 rings (SSSR count). The van der Waals surface area contributed by atoms with E-state index in [1.807, 2.05) is 24.3 Å². The number of rotatable bonds is 5. The van der Waals surface area contributed by atoms with Crippen molar-refractivity contribution in [1.29, 1.82) is 0 Å². The highest BCUT2D eigenvalue weighted by Gasteiger charge is 2.41. The van der Waals surface area contributed by atoms with Crippen LogP contribution in [0.4, 0.5) is 14.9 Å². The average molecular weight is 320 g/mol. The molecule has 1 aliphatic heterocycles. The fourth-order valence-electron chi connectivity index (χ4n) is 2.02. The second-order valence-corrected chi connectivity index (χ2v) is 5.26. The summed E-state index contributed by atoms with van der Waals surface area (Å²) in [7, 11) is 3.74. The molecule has 122 valence electrons. The first kappa shape index (κ1) is 16.8. The van der Waals surface area contributed by atoms with Crippen LogP contribution in [-0.4, -0.2) is 56.1 Å². The Kier molecular flexibility index (Phi) is 5.17. The SMILES string of the molecule is CN(C)CCN=CC1C(=O)NC(=O)N(c2ccccc2F)C1=O. The highest BCUT2D eigenvalue weighted by molar-refractivity contribution is 6.32. The summed E-state index contributed by atoms with van der Waals surface area (Å²) in [4.78, 5) is 42.7. The first-order chi connectivity index (χ1) is 10.9. The lowest BCUT2D eigenvalue weighted by Crippen LogP contribution is -2.59. The van der Waals surface area contributed by atoms with Crippen LogP contribution in [0.3, 0.4) is 0 Å².